The van der Waals surface area contributed by atoms with E-state index in [0.717, 1.165) is 65.8 Å². The molecule has 3 aromatic carbocycles. The molecule has 0 bridgehead atoms. The Morgan fingerprint density at radius 3 is 2.39 bits per heavy atom. The maximum atomic E-state index is 13.5. The lowest BCUT2D eigenvalue weighted by molar-refractivity contribution is 0.0672. The molecule has 1 amide bonds. The number of benzene rings is 3. The summed E-state index contributed by atoms with van der Waals surface area (Å²) >= 11 is 7.78. The van der Waals surface area contributed by atoms with Crippen LogP contribution in [-0.2, 0) is 6.54 Å². The van der Waals surface area contributed by atoms with Crippen LogP contribution in [0.25, 0.3) is 0 Å². The second kappa shape index (κ2) is 11.7. The van der Waals surface area contributed by atoms with Gasteiger partial charge in [-0.05, 0) is 78.9 Å². The number of hydrogen-bond donors (Lipinski definition) is 0. The van der Waals surface area contributed by atoms with Gasteiger partial charge in [-0.15, -0.1) is 0 Å². The summed E-state index contributed by atoms with van der Waals surface area (Å²) in [7, 11) is 0. The second-order valence-electron chi connectivity index (χ2n) is 9.01. The molecule has 36 heavy (non-hydrogen) atoms. The third-order valence-electron chi connectivity index (χ3n) is 6.49. The van der Waals surface area contributed by atoms with Crippen molar-refractivity contribution in [3.63, 3.8) is 0 Å². The molecule has 6 heteroatoms. The summed E-state index contributed by atoms with van der Waals surface area (Å²) < 4.78 is 2.23. The second-order valence-corrected chi connectivity index (χ2v) is 10.5. The molecule has 0 saturated carbocycles. The molecule has 1 saturated heterocycles. The Balaban J connectivity index is 1.32. The van der Waals surface area contributed by atoms with Gasteiger partial charge in [-0.25, -0.2) is 0 Å². The highest BCUT2D eigenvalue weighted by molar-refractivity contribution is 8.00. The van der Waals surface area contributed by atoms with E-state index in [4.69, 9.17) is 11.6 Å². The smallest absolute Gasteiger partial charge is 0.254 e. The van der Waals surface area contributed by atoms with E-state index >= 15 is 0 Å². The van der Waals surface area contributed by atoms with Gasteiger partial charge in [0.25, 0.3) is 5.91 Å². The number of allylic oxidation sites excluding steroid dienone is 3. The Hall–Kier alpha value is -3.15. The molecule has 1 aliphatic carbocycles. The summed E-state index contributed by atoms with van der Waals surface area (Å²) in [5.41, 5.74) is 4.18. The van der Waals surface area contributed by atoms with Crippen LogP contribution in [0.3, 0.4) is 0 Å². The standard InChI is InChI=1S/C30H30ClN3OS/c31-26-16-14-24(15-17-26)23-34(36-29-12-5-2-6-13-29)28-11-7-8-25(22-28)30(35)33-20-18-32(19-21-33)27-9-3-1-4-10-27/h2-3,5-17,22H,1,4,18-21,23H2. The van der Waals surface area contributed by atoms with E-state index in [1.165, 1.54) is 5.70 Å². The van der Waals surface area contributed by atoms with Crippen LogP contribution in [0.5, 0.6) is 0 Å². The molecule has 1 aliphatic heterocycles. The Bertz CT molecular complexity index is 1230. The number of carbonyl (C=O) groups excluding carboxylic acids is 1. The maximum absolute atomic E-state index is 13.5. The summed E-state index contributed by atoms with van der Waals surface area (Å²) in [6.45, 7) is 3.90. The highest BCUT2D eigenvalue weighted by atomic mass is 35.5. The third kappa shape index (κ3) is 6.15. The van der Waals surface area contributed by atoms with Crippen LogP contribution in [0.2, 0.25) is 5.02 Å². The minimum Gasteiger partial charge on any atom is -0.368 e. The number of amides is 1. The van der Waals surface area contributed by atoms with Gasteiger partial charge in [0.05, 0.1) is 6.54 Å². The summed E-state index contributed by atoms with van der Waals surface area (Å²) in [6, 6.07) is 26.2. The molecule has 0 spiro atoms. The van der Waals surface area contributed by atoms with Gasteiger partial charge in [0.1, 0.15) is 0 Å². The van der Waals surface area contributed by atoms with Crippen LogP contribution in [0.15, 0.2) is 108 Å². The third-order valence-corrected chi connectivity index (χ3v) is 7.78. The van der Waals surface area contributed by atoms with Crippen LogP contribution in [0.4, 0.5) is 5.69 Å². The number of halogens is 1. The van der Waals surface area contributed by atoms with Gasteiger partial charge in [-0.2, -0.15) is 0 Å². The first kappa shape index (κ1) is 24.5. The fourth-order valence-corrected chi connectivity index (χ4v) is 5.61. The number of nitrogens with zero attached hydrogens (tertiary/aromatic N) is 3. The van der Waals surface area contributed by atoms with E-state index in [9.17, 15) is 4.79 Å². The van der Waals surface area contributed by atoms with E-state index in [2.05, 4.69) is 45.6 Å². The minimum absolute atomic E-state index is 0.0980. The molecule has 3 aromatic rings. The molecule has 0 unspecified atom stereocenters. The molecule has 1 fully saturated rings. The molecule has 0 atom stereocenters. The SMILES string of the molecule is O=C(c1cccc(N(Cc2ccc(Cl)cc2)Sc2ccccc2)c1)N1CCN(C2=CCCC=C2)CC1. The van der Waals surface area contributed by atoms with E-state index in [1.54, 1.807) is 11.9 Å². The molecule has 0 aromatic heterocycles. The Labute approximate surface area is 223 Å². The first-order chi connectivity index (χ1) is 17.7. The van der Waals surface area contributed by atoms with Crippen molar-refractivity contribution in [2.24, 2.45) is 0 Å². The zero-order chi connectivity index (χ0) is 24.7. The molecule has 184 valence electrons. The predicted octanol–water partition coefficient (Wildman–Crippen LogP) is 7.05. The molecule has 4 nitrogen and oxygen atoms in total. The molecule has 5 rings (SSSR count). The van der Waals surface area contributed by atoms with Crippen molar-refractivity contribution in [1.82, 2.24) is 9.80 Å². The lowest BCUT2D eigenvalue weighted by Gasteiger charge is -2.37. The Morgan fingerprint density at radius 2 is 1.67 bits per heavy atom. The van der Waals surface area contributed by atoms with Crippen molar-refractivity contribution >= 4 is 35.1 Å². The highest BCUT2D eigenvalue weighted by Gasteiger charge is 2.23. The number of piperazine rings is 1. The zero-order valence-corrected chi connectivity index (χ0v) is 21.8. The topological polar surface area (TPSA) is 26.8 Å². The first-order valence-electron chi connectivity index (χ1n) is 12.4. The van der Waals surface area contributed by atoms with Gasteiger partial charge in [0.2, 0.25) is 0 Å². The maximum Gasteiger partial charge on any atom is 0.254 e. The summed E-state index contributed by atoms with van der Waals surface area (Å²) in [6.07, 6.45) is 8.98. The monoisotopic (exact) mass is 515 g/mol. The minimum atomic E-state index is 0.0980. The van der Waals surface area contributed by atoms with Crippen molar-refractivity contribution in [2.45, 2.75) is 24.3 Å². The van der Waals surface area contributed by atoms with Crippen molar-refractivity contribution in [2.75, 3.05) is 30.5 Å². The normalized spacial score (nSPS) is 15.5. The van der Waals surface area contributed by atoms with Gasteiger partial charge in [0, 0.05) is 53.0 Å². The Kier molecular flexibility index (Phi) is 7.99. The molecule has 0 radical (unpaired) electrons. The fraction of sp³-hybridized carbons (Fsp3) is 0.233. The lowest BCUT2D eigenvalue weighted by atomic mass is 10.1. The van der Waals surface area contributed by atoms with Crippen LogP contribution >= 0.6 is 23.5 Å². The molecule has 0 N–H and O–H groups in total. The zero-order valence-electron chi connectivity index (χ0n) is 20.2. The molecule has 2 aliphatic rings. The highest BCUT2D eigenvalue weighted by Crippen LogP contribution is 2.32. The van der Waals surface area contributed by atoms with Crippen LogP contribution in [-0.4, -0.2) is 41.9 Å². The van der Waals surface area contributed by atoms with E-state index in [-0.39, 0.29) is 5.91 Å². The van der Waals surface area contributed by atoms with E-state index < -0.39 is 0 Å². The van der Waals surface area contributed by atoms with Gasteiger partial charge < -0.3 is 14.1 Å². The van der Waals surface area contributed by atoms with Gasteiger partial charge in [-0.1, -0.05) is 60.2 Å². The quantitative estimate of drug-likeness (QED) is 0.315. The lowest BCUT2D eigenvalue weighted by Crippen LogP contribution is -2.48. The van der Waals surface area contributed by atoms with Crippen LogP contribution in [0, 0.1) is 0 Å². The van der Waals surface area contributed by atoms with Crippen molar-refractivity contribution in [1.29, 1.82) is 0 Å². The Morgan fingerprint density at radius 1 is 0.889 bits per heavy atom. The summed E-state index contributed by atoms with van der Waals surface area (Å²) in [4.78, 5) is 19.0. The van der Waals surface area contributed by atoms with Crippen LogP contribution in [0.1, 0.15) is 28.8 Å². The van der Waals surface area contributed by atoms with Gasteiger partial charge in [-0.3, -0.25) is 4.79 Å². The van der Waals surface area contributed by atoms with Crippen molar-refractivity contribution in [3.8, 4) is 0 Å². The average Bonchev–Trinajstić information content (AvgIpc) is 2.95. The fourth-order valence-electron chi connectivity index (χ4n) is 4.52. The number of rotatable bonds is 7. The number of hydrogen-bond acceptors (Lipinski definition) is 4. The van der Waals surface area contributed by atoms with Gasteiger partial charge in [0.15, 0.2) is 0 Å². The van der Waals surface area contributed by atoms with Gasteiger partial charge >= 0.3 is 0 Å². The number of carbonyl (C=O) groups is 1. The van der Waals surface area contributed by atoms with E-state index in [1.807, 2.05) is 65.6 Å². The first-order valence-corrected chi connectivity index (χ1v) is 13.6. The number of anilines is 1. The molecular weight excluding hydrogens is 486 g/mol. The molecular formula is C30H30ClN3OS. The molecule has 1 heterocycles. The average molecular weight is 516 g/mol. The summed E-state index contributed by atoms with van der Waals surface area (Å²) in [5.74, 6) is 0.0980. The largest absolute Gasteiger partial charge is 0.368 e. The summed E-state index contributed by atoms with van der Waals surface area (Å²) in [5, 5.41) is 0.726. The predicted molar refractivity (Wildman–Crippen MR) is 150 cm³/mol. The van der Waals surface area contributed by atoms with Crippen molar-refractivity contribution in [3.05, 3.63) is 119 Å². The van der Waals surface area contributed by atoms with Crippen LogP contribution < -0.4 is 4.31 Å². The van der Waals surface area contributed by atoms with Crippen molar-refractivity contribution < 1.29 is 4.79 Å². The van der Waals surface area contributed by atoms with E-state index in [0.29, 0.717) is 6.54 Å².